The molecule has 9 heteroatoms. The number of aryl methyl sites for hydroxylation is 2. The number of benzene rings is 2. The summed E-state index contributed by atoms with van der Waals surface area (Å²) in [5.74, 6) is 1.40. The summed E-state index contributed by atoms with van der Waals surface area (Å²) in [5, 5.41) is 7.92. The van der Waals surface area contributed by atoms with Crippen molar-refractivity contribution in [3.05, 3.63) is 69.2 Å². The van der Waals surface area contributed by atoms with E-state index in [1.165, 1.54) is 11.3 Å². The summed E-state index contributed by atoms with van der Waals surface area (Å²) in [6, 6.07) is 11.0. The quantitative estimate of drug-likeness (QED) is 0.508. The van der Waals surface area contributed by atoms with Crippen LogP contribution in [0.25, 0.3) is 0 Å². The Morgan fingerprint density at radius 2 is 1.72 bits per heavy atom. The molecule has 2 N–H and O–H groups in total. The largest absolute Gasteiger partial charge is 0.486 e. The van der Waals surface area contributed by atoms with E-state index in [0.29, 0.717) is 34.4 Å². The van der Waals surface area contributed by atoms with Gasteiger partial charge in [-0.05, 0) is 55.3 Å². The molecule has 0 radical (unpaired) electrons. The number of ether oxygens (including phenoxy) is 3. The number of aromatic nitrogens is 1. The molecule has 0 saturated carbocycles. The van der Waals surface area contributed by atoms with Gasteiger partial charge in [-0.1, -0.05) is 6.07 Å². The molecule has 2 heterocycles. The highest BCUT2D eigenvalue weighted by atomic mass is 32.1. The van der Waals surface area contributed by atoms with Crippen LogP contribution in [0.4, 0.5) is 0 Å². The molecule has 0 aliphatic carbocycles. The van der Waals surface area contributed by atoms with Gasteiger partial charge in [-0.25, -0.2) is 4.98 Å². The molecule has 8 nitrogen and oxygen atoms in total. The molecule has 2 amide bonds. The number of carbonyl (C=O) groups excluding carboxylic acids is 2. The van der Waals surface area contributed by atoms with Crippen LogP contribution in [0, 0.1) is 13.8 Å². The summed E-state index contributed by atoms with van der Waals surface area (Å²) in [7, 11) is 0. The van der Waals surface area contributed by atoms with Gasteiger partial charge in [0.15, 0.2) is 11.5 Å². The van der Waals surface area contributed by atoms with Crippen molar-refractivity contribution in [1.29, 1.82) is 0 Å². The molecule has 32 heavy (non-hydrogen) atoms. The first-order chi connectivity index (χ1) is 15.5. The van der Waals surface area contributed by atoms with Crippen molar-refractivity contribution in [2.45, 2.75) is 20.5 Å². The maximum Gasteiger partial charge on any atom is 0.270 e. The third-order valence-electron chi connectivity index (χ3n) is 4.67. The van der Waals surface area contributed by atoms with Gasteiger partial charge in [0.2, 0.25) is 6.79 Å². The van der Waals surface area contributed by atoms with Gasteiger partial charge >= 0.3 is 0 Å². The third kappa shape index (κ3) is 5.36. The number of hydrogen-bond donors (Lipinski definition) is 2. The SMILES string of the molecule is Cc1cc(C)cc(OCc2nc(C(=O)NCCNC(=O)c3ccc4c(c3)OCO4)cs2)c1. The zero-order chi connectivity index (χ0) is 22.5. The van der Waals surface area contributed by atoms with Gasteiger partial charge < -0.3 is 24.8 Å². The number of thiazole rings is 1. The fraction of sp³-hybridized carbons (Fsp3) is 0.261. The molecule has 0 atom stereocenters. The van der Waals surface area contributed by atoms with Crippen LogP contribution in [0.3, 0.4) is 0 Å². The molecule has 4 rings (SSSR count). The normalized spacial score (nSPS) is 11.8. The van der Waals surface area contributed by atoms with Crippen molar-refractivity contribution in [3.8, 4) is 17.2 Å². The van der Waals surface area contributed by atoms with Crippen molar-refractivity contribution in [3.63, 3.8) is 0 Å². The molecular weight excluding hydrogens is 430 g/mol. The van der Waals surface area contributed by atoms with Crippen LogP contribution in [-0.4, -0.2) is 36.7 Å². The Bertz CT molecular complexity index is 1120. The highest BCUT2D eigenvalue weighted by Gasteiger charge is 2.16. The predicted molar refractivity (Wildman–Crippen MR) is 120 cm³/mol. The summed E-state index contributed by atoms with van der Waals surface area (Å²) < 4.78 is 16.3. The minimum absolute atomic E-state index is 0.155. The van der Waals surface area contributed by atoms with E-state index in [9.17, 15) is 9.59 Å². The molecule has 0 fully saturated rings. The monoisotopic (exact) mass is 453 g/mol. The summed E-state index contributed by atoms with van der Waals surface area (Å²) in [6.07, 6.45) is 0. The van der Waals surface area contributed by atoms with Gasteiger partial charge in [-0.15, -0.1) is 11.3 Å². The molecule has 0 bridgehead atoms. The Hall–Kier alpha value is -3.59. The minimum Gasteiger partial charge on any atom is -0.486 e. The predicted octanol–water partition coefficient (Wildman–Crippen LogP) is 3.23. The number of fused-ring (bicyclic) bond motifs is 1. The van der Waals surface area contributed by atoms with E-state index in [4.69, 9.17) is 14.2 Å². The van der Waals surface area contributed by atoms with Crippen molar-refractivity contribution in [1.82, 2.24) is 15.6 Å². The van der Waals surface area contributed by atoms with Crippen molar-refractivity contribution in [2.24, 2.45) is 0 Å². The van der Waals surface area contributed by atoms with E-state index in [-0.39, 0.29) is 31.7 Å². The zero-order valence-corrected chi connectivity index (χ0v) is 18.6. The highest BCUT2D eigenvalue weighted by Crippen LogP contribution is 2.32. The summed E-state index contributed by atoms with van der Waals surface area (Å²) in [6.45, 7) is 5.05. The Morgan fingerprint density at radius 1 is 1.00 bits per heavy atom. The summed E-state index contributed by atoms with van der Waals surface area (Å²) >= 11 is 1.37. The van der Waals surface area contributed by atoms with Crippen molar-refractivity contribution < 1.29 is 23.8 Å². The lowest BCUT2D eigenvalue weighted by Crippen LogP contribution is -2.34. The molecule has 1 aliphatic heterocycles. The van der Waals surface area contributed by atoms with Crippen LogP contribution in [0.1, 0.15) is 37.0 Å². The number of nitrogens with one attached hydrogen (secondary N) is 2. The fourth-order valence-electron chi connectivity index (χ4n) is 3.23. The van der Waals surface area contributed by atoms with E-state index in [1.54, 1.807) is 23.6 Å². The maximum atomic E-state index is 12.3. The van der Waals surface area contributed by atoms with E-state index >= 15 is 0 Å². The van der Waals surface area contributed by atoms with Gasteiger partial charge in [0.1, 0.15) is 23.1 Å². The van der Waals surface area contributed by atoms with Gasteiger partial charge in [-0.3, -0.25) is 9.59 Å². The topological polar surface area (TPSA) is 98.8 Å². The zero-order valence-electron chi connectivity index (χ0n) is 17.8. The second-order valence-electron chi connectivity index (χ2n) is 7.32. The van der Waals surface area contributed by atoms with Crippen LogP contribution in [0.2, 0.25) is 0 Å². The Kier molecular flexibility index (Phi) is 6.55. The van der Waals surface area contributed by atoms with Gasteiger partial charge in [-0.2, -0.15) is 0 Å². The van der Waals surface area contributed by atoms with E-state index in [2.05, 4.69) is 21.7 Å². The van der Waals surface area contributed by atoms with Gasteiger partial charge in [0, 0.05) is 24.0 Å². The number of rotatable bonds is 8. The van der Waals surface area contributed by atoms with Crippen LogP contribution in [0.5, 0.6) is 17.2 Å². The van der Waals surface area contributed by atoms with Crippen molar-refractivity contribution >= 4 is 23.2 Å². The molecular formula is C23H23N3O5S. The summed E-state index contributed by atoms with van der Waals surface area (Å²) in [5.41, 5.74) is 3.05. The molecule has 0 spiro atoms. The smallest absolute Gasteiger partial charge is 0.270 e. The van der Waals surface area contributed by atoms with Gasteiger partial charge in [0.05, 0.1) is 0 Å². The van der Waals surface area contributed by atoms with E-state index in [0.717, 1.165) is 16.9 Å². The lowest BCUT2D eigenvalue weighted by molar-refractivity contribution is 0.0925. The van der Waals surface area contributed by atoms with Crippen LogP contribution >= 0.6 is 11.3 Å². The lowest BCUT2D eigenvalue weighted by Gasteiger charge is -2.07. The first kappa shape index (κ1) is 21.6. The van der Waals surface area contributed by atoms with E-state index < -0.39 is 0 Å². The van der Waals surface area contributed by atoms with Crippen LogP contribution in [-0.2, 0) is 6.61 Å². The number of hydrogen-bond acceptors (Lipinski definition) is 7. The van der Waals surface area contributed by atoms with Crippen LogP contribution < -0.4 is 24.8 Å². The van der Waals surface area contributed by atoms with E-state index in [1.807, 2.05) is 26.0 Å². The fourth-order valence-corrected chi connectivity index (χ4v) is 3.91. The average molecular weight is 454 g/mol. The molecule has 0 saturated heterocycles. The minimum atomic E-state index is -0.295. The molecule has 1 aliphatic rings. The standard InChI is InChI=1S/C23H23N3O5S/c1-14-7-15(2)9-17(8-14)29-11-21-26-18(12-32-21)23(28)25-6-5-24-22(27)16-3-4-19-20(10-16)31-13-30-19/h3-4,7-10,12H,5-6,11,13H2,1-2H3,(H,24,27)(H,25,28). The molecule has 3 aromatic rings. The lowest BCUT2D eigenvalue weighted by atomic mass is 10.1. The third-order valence-corrected chi connectivity index (χ3v) is 5.50. The van der Waals surface area contributed by atoms with Gasteiger partial charge in [0.25, 0.3) is 11.8 Å². The average Bonchev–Trinajstić information content (AvgIpc) is 3.43. The molecule has 2 aromatic carbocycles. The number of amides is 2. The molecule has 166 valence electrons. The molecule has 0 unspecified atom stereocenters. The van der Waals surface area contributed by atoms with Crippen molar-refractivity contribution in [2.75, 3.05) is 19.9 Å². The Morgan fingerprint density at radius 3 is 2.50 bits per heavy atom. The second-order valence-corrected chi connectivity index (χ2v) is 8.26. The molecule has 1 aromatic heterocycles. The first-order valence-corrected chi connectivity index (χ1v) is 11.0. The number of carbonyl (C=O) groups is 2. The number of nitrogens with zero attached hydrogens (tertiary/aromatic N) is 1. The Balaban J connectivity index is 1.21. The second kappa shape index (κ2) is 9.69. The maximum absolute atomic E-state index is 12.3. The summed E-state index contributed by atoms with van der Waals surface area (Å²) in [4.78, 5) is 28.9. The highest BCUT2D eigenvalue weighted by molar-refractivity contribution is 7.09. The first-order valence-electron chi connectivity index (χ1n) is 10.1. The van der Waals surface area contributed by atoms with Crippen LogP contribution in [0.15, 0.2) is 41.8 Å². The Labute approximate surface area is 189 Å².